The minimum absolute atomic E-state index is 0.0379. The monoisotopic (exact) mass is 226 g/mol. The third-order valence-electron chi connectivity index (χ3n) is 2.04. The van der Waals surface area contributed by atoms with E-state index in [0.29, 0.717) is 25.9 Å². The summed E-state index contributed by atoms with van der Waals surface area (Å²) >= 11 is 0. The zero-order valence-electron chi connectivity index (χ0n) is 9.77. The maximum absolute atomic E-state index is 11.3. The van der Waals surface area contributed by atoms with Gasteiger partial charge < -0.3 is 10.0 Å². The SMILES string of the molecule is C#CCN(CCCC(=O)N(C)C)CC(=O)O. The fourth-order valence-electron chi connectivity index (χ4n) is 1.21. The summed E-state index contributed by atoms with van der Waals surface area (Å²) < 4.78 is 0. The highest BCUT2D eigenvalue weighted by Gasteiger charge is 2.09. The summed E-state index contributed by atoms with van der Waals surface area (Å²) in [5, 5.41) is 8.62. The van der Waals surface area contributed by atoms with Crippen LogP contribution >= 0.6 is 0 Å². The van der Waals surface area contributed by atoms with Crippen LogP contribution in [0.25, 0.3) is 0 Å². The molecule has 5 heteroatoms. The quantitative estimate of drug-likeness (QED) is 0.615. The molecule has 0 aliphatic rings. The molecule has 0 unspecified atom stereocenters. The van der Waals surface area contributed by atoms with Crippen LogP contribution in [0.1, 0.15) is 12.8 Å². The van der Waals surface area contributed by atoms with Crippen molar-refractivity contribution >= 4 is 11.9 Å². The lowest BCUT2D eigenvalue weighted by molar-refractivity contribution is -0.138. The minimum atomic E-state index is -0.908. The molecule has 5 nitrogen and oxygen atoms in total. The summed E-state index contributed by atoms with van der Waals surface area (Å²) in [6.07, 6.45) is 6.15. The van der Waals surface area contributed by atoms with E-state index >= 15 is 0 Å². The summed E-state index contributed by atoms with van der Waals surface area (Å²) in [5.41, 5.74) is 0. The van der Waals surface area contributed by atoms with Crippen molar-refractivity contribution in [1.29, 1.82) is 0 Å². The standard InChI is InChI=1S/C11H18N2O3/c1-4-7-13(9-11(15)16)8-5-6-10(14)12(2)3/h1H,5-9H2,2-3H3,(H,15,16). The van der Waals surface area contributed by atoms with Gasteiger partial charge in [-0.15, -0.1) is 6.42 Å². The van der Waals surface area contributed by atoms with E-state index in [4.69, 9.17) is 11.5 Å². The largest absolute Gasteiger partial charge is 0.480 e. The number of rotatable bonds is 7. The predicted octanol–water partition coefficient (Wildman–Crippen LogP) is -0.125. The maximum atomic E-state index is 11.3. The highest BCUT2D eigenvalue weighted by Crippen LogP contribution is 1.97. The Bertz CT molecular complexity index is 281. The van der Waals surface area contributed by atoms with Crippen LogP contribution in [-0.4, -0.2) is 60.5 Å². The van der Waals surface area contributed by atoms with Gasteiger partial charge in [-0.1, -0.05) is 5.92 Å². The Kier molecular flexibility index (Phi) is 6.97. The molecule has 0 aliphatic carbocycles. The number of hydrogen-bond donors (Lipinski definition) is 1. The van der Waals surface area contributed by atoms with Crippen LogP contribution in [-0.2, 0) is 9.59 Å². The second kappa shape index (κ2) is 7.71. The lowest BCUT2D eigenvalue weighted by atomic mass is 10.2. The smallest absolute Gasteiger partial charge is 0.317 e. The van der Waals surface area contributed by atoms with E-state index in [2.05, 4.69) is 5.92 Å². The first-order chi connectivity index (χ1) is 7.47. The van der Waals surface area contributed by atoms with Crippen LogP contribution in [0.3, 0.4) is 0 Å². The minimum Gasteiger partial charge on any atom is -0.480 e. The molecule has 1 amide bonds. The van der Waals surface area contributed by atoms with Gasteiger partial charge in [-0.2, -0.15) is 0 Å². The zero-order chi connectivity index (χ0) is 12.6. The van der Waals surface area contributed by atoms with Crippen molar-refractivity contribution < 1.29 is 14.7 Å². The van der Waals surface area contributed by atoms with Gasteiger partial charge in [-0.05, 0) is 6.42 Å². The number of amides is 1. The van der Waals surface area contributed by atoms with Crippen LogP contribution in [0.2, 0.25) is 0 Å². The van der Waals surface area contributed by atoms with Crippen molar-refractivity contribution in [2.75, 3.05) is 33.7 Å². The van der Waals surface area contributed by atoms with E-state index in [1.165, 1.54) is 4.90 Å². The average molecular weight is 226 g/mol. The normalized spacial score (nSPS) is 9.88. The van der Waals surface area contributed by atoms with E-state index in [9.17, 15) is 9.59 Å². The average Bonchev–Trinajstić information content (AvgIpc) is 2.16. The molecule has 16 heavy (non-hydrogen) atoms. The van der Waals surface area contributed by atoms with Crippen molar-refractivity contribution in [2.24, 2.45) is 0 Å². The molecule has 0 aromatic rings. The number of carboxylic acids is 1. The number of carboxylic acid groups (broad SMARTS) is 1. The molecule has 0 bridgehead atoms. The number of aliphatic carboxylic acids is 1. The maximum Gasteiger partial charge on any atom is 0.317 e. The molecule has 0 aromatic carbocycles. The Morgan fingerprint density at radius 1 is 1.38 bits per heavy atom. The number of nitrogens with zero attached hydrogens (tertiary/aromatic N) is 2. The summed E-state index contributed by atoms with van der Waals surface area (Å²) in [5.74, 6) is 1.53. The summed E-state index contributed by atoms with van der Waals surface area (Å²) in [4.78, 5) is 24.9. The molecule has 0 radical (unpaired) electrons. The fourth-order valence-corrected chi connectivity index (χ4v) is 1.21. The number of terminal acetylenes is 1. The summed E-state index contributed by atoms with van der Waals surface area (Å²) in [6, 6.07) is 0. The van der Waals surface area contributed by atoms with Crippen molar-refractivity contribution in [2.45, 2.75) is 12.8 Å². The highest BCUT2D eigenvalue weighted by atomic mass is 16.4. The van der Waals surface area contributed by atoms with Gasteiger partial charge in [-0.25, -0.2) is 0 Å². The molecule has 0 spiro atoms. The van der Waals surface area contributed by atoms with E-state index in [0.717, 1.165) is 0 Å². The van der Waals surface area contributed by atoms with Crippen molar-refractivity contribution in [1.82, 2.24) is 9.80 Å². The van der Waals surface area contributed by atoms with Crippen molar-refractivity contribution in [3.8, 4) is 12.3 Å². The van der Waals surface area contributed by atoms with Crippen LogP contribution in [0, 0.1) is 12.3 Å². The molecule has 0 saturated heterocycles. The topological polar surface area (TPSA) is 60.9 Å². The Morgan fingerprint density at radius 3 is 2.44 bits per heavy atom. The van der Waals surface area contributed by atoms with Crippen LogP contribution in [0.15, 0.2) is 0 Å². The highest BCUT2D eigenvalue weighted by molar-refractivity contribution is 5.75. The van der Waals surface area contributed by atoms with E-state index in [1.54, 1.807) is 19.0 Å². The molecule has 90 valence electrons. The Labute approximate surface area is 96.0 Å². The Balaban J connectivity index is 3.89. The van der Waals surface area contributed by atoms with Gasteiger partial charge in [-0.3, -0.25) is 14.5 Å². The van der Waals surface area contributed by atoms with Gasteiger partial charge in [0, 0.05) is 27.1 Å². The molecular formula is C11H18N2O3. The van der Waals surface area contributed by atoms with Crippen molar-refractivity contribution in [3.05, 3.63) is 0 Å². The molecule has 1 N–H and O–H groups in total. The first-order valence-electron chi connectivity index (χ1n) is 5.05. The predicted molar refractivity (Wildman–Crippen MR) is 60.8 cm³/mol. The van der Waals surface area contributed by atoms with Crippen LogP contribution in [0.5, 0.6) is 0 Å². The third-order valence-corrected chi connectivity index (χ3v) is 2.04. The first kappa shape index (κ1) is 14.5. The Hall–Kier alpha value is -1.54. The molecule has 0 fully saturated rings. The molecular weight excluding hydrogens is 208 g/mol. The Morgan fingerprint density at radius 2 is 2.00 bits per heavy atom. The molecule has 0 atom stereocenters. The number of hydrogen-bond acceptors (Lipinski definition) is 3. The van der Waals surface area contributed by atoms with E-state index in [-0.39, 0.29) is 12.5 Å². The third kappa shape index (κ3) is 6.85. The fraction of sp³-hybridized carbons (Fsp3) is 0.636. The van der Waals surface area contributed by atoms with Gasteiger partial charge in [0.25, 0.3) is 0 Å². The second-order valence-electron chi connectivity index (χ2n) is 3.70. The summed E-state index contributed by atoms with van der Waals surface area (Å²) in [7, 11) is 3.39. The van der Waals surface area contributed by atoms with Gasteiger partial charge in [0.1, 0.15) is 0 Å². The van der Waals surface area contributed by atoms with E-state index < -0.39 is 5.97 Å². The second-order valence-corrected chi connectivity index (χ2v) is 3.70. The lowest BCUT2D eigenvalue weighted by Gasteiger charge is -2.17. The van der Waals surface area contributed by atoms with E-state index in [1.807, 2.05) is 0 Å². The summed E-state index contributed by atoms with van der Waals surface area (Å²) in [6.45, 7) is 0.735. The zero-order valence-corrected chi connectivity index (χ0v) is 9.77. The molecule has 0 heterocycles. The van der Waals surface area contributed by atoms with Crippen molar-refractivity contribution in [3.63, 3.8) is 0 Å². The first-order valence-corrected chi connectivity index (χ1v) is 5.05. The van der Waals surface area contributed by atoms with Gasteiger partial charge in [0.2, 0.25) is 5.91 Å². The van der Waals surface area contributed by atoms with Crippen LogP contribution < -0.4 is 0 Å². The number of carbonyl (C=O) groups excluding carboxylic acids is 1. The molecule has 0 aliphatic heterocycles. The molecule has 0 rings (SSSR count). The van der Waals surface area contributed by atoms with Crippen LogP contribution in [0.4, 0.5) is 0 Å². The molecule has 0 saturated carbocycles. The van der Waals surface area contributed by atoms with Gasteiger partial charge in [0.15, 0.2) is 0 Å². The number of carbonyl (C=O) groups is 2. The van der Waals surface area contributed by atoms with Gasteiger partial charge >= 0.3 is 5.97 Å². The van der Waals surface area contributed by atoms with Gasteiger partial charge in [0.05, 0.1) is 13.1 Å². The lowest BCUT2D eigenvalue weighted by Crippen LogP contribution is -2.32. The molecule has 0 aromatic heterocycles.